The van der Waals surface area contributed by atoms with Crippen molar-refractivity contribution in [3.63, 3.8) is 0 Å². The lowest BCUT2D eigenvalue weighted by atomic mass is 10.3. The summed E-state index contributed by atoms with van der Waals surface area (Å²) in [4.78, 5) is 15.2. The number of hydrogen-bond donors (Lipinski definition) is 1. The van der Waals surface area contributed by atoms with Crippen LogP contribution in [0.1, 0.15) is 12.0 Å². The van der Waals surface area contributed by atoms with Crippen molar-refractivity contribution in [3.05, 3.63) is 22.4 Å². The highest BCUT2D eigenvalue weighted by molar-refractivity contribution is 9.10. The van der Waals surface area contributed by atoms with E-state index in [2.05, 4.69) is 32.2 Å². The Morgan fingerprint density at radius 3 is 3.07 bits per heavy atom. The molecule has 0 aromatic carbocycles. The predicted molar refractivity (Wildman–Crippen MR) is 58.8 cm³/mol. The number of aromatic nitrogens is 1. The highest BCUT2D eigenvalue weighted by Crippen LogP contribution is 2.16. The Kier molecular flexibility index (Phi) is 3.66. The molecule has 0 saturated heterocycles. The normalized spacial score (nSPS) is 9.21. The number of aryl methyl sites for hydroxylation is 1. The molecule has 0 fully saturated rings. The SMILES string of the molecule is C#CCC(=O)Nc1cnc(Br)c(C)c1. The molecule has 1 N–H and O–H groups in total. The summed E-state index contributed by atoms with van der Waals surface area (Å²) in [6.45, 7) is 1.90. The maximum absolute atomic E-state index is 11.1. The van der Waals surface area contributed by atoms with Crippen LogP contribution in [0.15, 0.2) is 16.9 Å². The number of terminal acetylenes is 1. The van der Waals surface area contributed by atoms with Crippen LogP contribution < -0.4 is 5.32 Å². The zero-order chi connectivity index (χ0) is 10.6. The fraction of sp³-hybridized carbons (Fsp3) is 0.200. The second-order valence-corrected chi connectivity index (χ2v) is 3.51. The van der Waals surface area contributed by atoms with Crippen molar-refractivity contribution < 1.29 is 4.79 Å². The predicted octanol–water partition coefficient (Wildman–Crippen LogP) is 2.11. The van der Waals surface area contributed by atoms with Crippen LogP contribution in [-0.4, -0.2) is 10.9 Å². The summed E-state index contributed by atoms with van der Waals surface area (Å²) < 4.78 is 0.771. The van der Waals surface area contributed by atoms with E-state index in [4.69, 9.17) is 6.42 Å². The molecule has 0 aliphatic carbocycles. The summed E-state index contributed by atoms with van der Waals surface area (Å²) in [5.74, 6) is 2.07. The lowest BCUT2D eigenvalue weighted by Crippen LogP contribution is -2.10. The van der Waals surface area contributed by atoms with E-state index in [0.29, 0.717) is 5.69 Å². The summed E-state index contributed by atoms with van der Waals surface area (Å²) in [7, 11) is 0. The van der Waals surface area contributed by atoms with Gasteiger partial charge < -0.3 is 5.32 Å². The van der Waals surface area contributed by atoms with Gasteiger partial charge in [-0.15, -0.1) is 6.42 Å². The Labute approximate surface area is 91.1 Å². The fourth-order valence-corrected chi connectivity index (χ4v) is 1.14. The number of amides is 1. The van der Waals surface area contributed by atoms with Gasteiger partial charge in [-0.05, 0) is 34.5 Å². The fourth-order valence-electron chi connectivity index (χ4n) is 0.924. The Morgan fingerprint density at radius 1 is 1.79 bits per heavy atom. The smallest absolute Gasteiger partial charge is 0.236 e. The molecule has 14 heavy (non-hydrogen) atoms. The van der Waals surface area contributed by atoms with Crippen molar-refractivity contribution in [1.82, 2.24) is 4.98 Å². The highest BCUT2D eigenvalue weighted by atomic mass is 79.9. The molecule has 0 spiro atoms. The van der Waals surface area contributed by atoms with Crippen LogP contribution in [0.25, 0.3) is 0 Å². The van der Waals surface area contributed by atoms with Gasteiger partial charge in [0, 0.05) is 0 Å². The van der Waals surface area contributed by atoms with Crippen molar-refractivity contribution in [2.24, 2.45) is 0 Å². The summed E-state index contributed by atoms with van der Waals surface area (Å²) in [5.41, 5.74) is 1.62. The zero-order valence-electron chi connectivity index (χ0n) is 7.67. The molecule has 3 nitrogen and oxygen atoms in total. The van der Waals surface area contributed by atoms with Crippen molar-refractivity contribution in [3.8, 4) is 12.3 Å². The minimum Gasteiger partial charge on any atom is -0.324 e. The Bertz CT molecular complexity index is 396. The van der Waals surface area contributed by atoms with Crippen LogP contribution in [0.2, 0.25) is 0 Å². The standard InChI is InChI=1S/C10H9BrN2O/c1-3-4-9(14)13-8-5-7(2)10(11)12-6-8/h1,5-6H,4H2,2H3,(H,13,14). The number of carbonyl (C=O) groups is 1. The first-order chi connectivity index (χ1) is 6.63. The van der Waals surface area contributed by atoms with Crippen LogP contribution >= 0.6 is 15.9 Å². The molecular formula is C10H9BrN2O. The minimum absolute atomic E-state index is 0.0785. The van der Waals surface area contributed by atoms with Crippen molar-refractivity contribution in [2.75, 3.05) is 5.32 Å². The van der Waals surface area contributed by atoms with Crippen molar-refractivity contribution in [1.29, 1.82) is 0 Å². The largest absolute Gasteiger partial charge is 0.324 e. The molecular weight excluding hydrogens is 244 g/mol. The van der Waals surface area contributed by atoms with E-state index in [9.17, 15) is 4.79 Å². The topological polar surface area (TPSA) is 42.0 Å². The molecule has 1 rings (SSSR count). The van der Waals surface area contributed by atoms with Gasteiger partial charge in [0.15, 0.2) is 0 Å². The number of nitrogens with one attached hydrogen (secondary N) is 1. The molecule has 0 aliphatic heterocycles. The second kappa shape index (κ2) is 4.77. The Hall–Kier alpha value is -1.34. The van der Waals surface area contributed by atoms with Gasteiger partial charge in [0.1, 0.15) is 4.60 Å². The summed E-state index contributed by atoms with van der Waals surface area (Å²) in [6, 6.07) is 1.82. The van der Waals surface area contributed by atoms with Gasteiger partial charge in [-0.2, -0.15) is 0 Å². The molecule has 1 aromatic rings. The van der Waals surface area contributed by atoms with Crippen LogP contribution in [0, 0.1) is 19.3 Å². The molecule has 0 aliphatic rings. The third-order valence-electron chi connectivity index (χ3n) is 1.56. The number of halogens is 1. The second-order valence-electron chi connectivity index (χ2n) is 2.76. The molecule has 4 heteroatoms. The number of nitrogens with zero attached hydrogens (tertiary/aromatic N) is 1. The van der Waals surface area contributed by atoms with Crippen molar-refractivity contribution in [2.45, 2.75) is 13.3 Å². The number of pyridine rings is 1. The van der Waals surface area contributed by atoms with Gasteiger partial charge in [-0.1, -0.05) is 5.92 Å². The van der Waals surface area contributed by atoms with Crippen LogP contribution in [-0.2, 0) is 4.79 Å². The molecule has 0 unspecified atom stereocenters. The van der Waals surface area contributed by atoms with E-state index >= 15 is 0 Å². The third-order valence-corrected chi connectivity index (χ3v) is 2.39. The minimum atomic E-state index is -0.198. The van der Waals surface area contributed by atoms with E-state index < -0.39 is 0 Å². The lowest BCUT2D eigenvalue weighted by molar-refractivity contribution is -0.115. The third kappa shape index (κ3) is 2.86. The van der Waals surface area contributed by atoms with E-state index in [0.717, 1.165) is 10.2 Å². The number of hydrogen-bond acceptors (Lipinski definition) is 2. The van der Waals surface area contributed by atoms with Gasteiger partial charge in [-0.25, -0.2) is 4.98 Å². The molecule has 1 aromatic heterocycles. The molecule has 0 saturated carbocycles. The van der Waals surface area contributed by atoms with Crippen LogP contribution in [0.3, 0.4) is 0 Å². The van der Waals surface area contributed by atoms with E-state index in [1.54, 1.807) is 6.20 Å². The molecule has 1 heterocycles. The first-order valence-electron chi connectivity index (χ1n) is 3.99. The van der Waals surface area contributed by atoms with Crippen molar-refractivity contribution >= 4 is 27.5 Å². The molecule has 0 bridgehead atoms. The van der Waals surface area contributed by atoms with Gasteiger partial charge >= 0.3 is 0 Å². The molecule has 0 radical (unpaired) electrons. The maximum Gasteiger partial charge on any atom is 0.236 e. The lowest BCUT2D eigenvalue weighted by Gasteiger charge is -2.04. The monoisotopic (exact) mass is 252 g/mol. The zero-order valence-corrected chi connectivity index (χ0v) is 9.26. The van der Waals surface area contributed by atoms with E-state index in [1.807, 2.05) is 13.0 Å². The quantitative estimate of drug-likeness (QED) is 0.647. The Balaban J connectivity index is 2.74. The Morgan fingerprint density at radius 2 is 2.50 bits per heavy atom. The summed E-state index contributed by atoms with van der Waals surface area (Å²) >= 11 is 3.27. The highest BCUT2D eigenvalue weighted by Gasteiger charge is 2.02. The van der Waals surface area contributed by atoms with Gasteiger partial charge in [-0.3, -0.25) is 4.79 Å². The average molecular weight is 253 g/mol. The maximum atomic E-state index is 11.1. The molecule has 72 valence electrons. The first-order valence-corrected chi connectivity index (χ1v) is 4.78. The molecule has 1 amide bonds. The number of anilines is 1. The summed E-state index contributed by atoms with van der Waals surface area (Å²) in [5, 5.41) is 2.65. The number of carbonyl (C=O) groups excluding carboxylic acids is 1. The molecule has 0 atom stereocenters. The number of rotatable bonds is 2. The van der Waals surface area contributed by atoms with Gasteiger partial charge in [0.05, 0.1) is 18.3 Å². The van der Waals surface area contributed by atoms with Crippen LogP contribution in [0.4, 0.5) is 5.69 Å². The summed E-state index contributed by atoms with van der Waals surface area (Å²) in [6.07, 6.45) is 6.66. The average Bonchev–Trinajstić information content (AvgIpc) is 2.12. The van der Waals surface area contributed by atoms with E-state index in [1.165, 1.54) is 0 Å². The first kappa shape index (κ1) is 10.7. The van der Waals surface area contributed by atoms with Crippen LogP contribution in [0.5, 0.6) is 0 Å². The van der Waals surface area contributed by atoms with Gasteiger partial charge in [0.2, 0.25) is 5.91 Å². The van der Waals surface area contributed by atoms with E-state index in [-0.39, 0.29) is 12.3 Å². The van der Waals surface area contributed by atoms with Gasteiger partial charge in [0.25, 0.3) is 0 Å².